The van der Waals surface area contributed by atoms with Gasteiger partial charge in [-0.25, -0.2) is 8.42 Å². The van der Waals surface area contributed by atoms with Gasteiger partial charge in [0.05, 0.1) is 24.7 Å². The van der Waals surface area contributed by atoms with E-state index < -0.39 is 10.0 Å². The van der Waals surface area contributed by atoms with Gasteiger partial charge >= 0.3 is 0 Å². The van der Waals surface area contributed by atoms with Gasteiger partial charge in [0, 0.05) is 23.2 Å². The first kappa shape index (κ1) is 19.2. The maximum absolute atomic E-state index is 12.9. The molecule has 4 rings (SSSR count). The Morgan fingerprint density at radius 1 is 1.24 bits per heavy atom. The highest BCUT2D eigenvalue weighted by Crippen LogP contribution is 2.35. The van der Waals surface area contributed by atoms with Crippen LogP contribution < -0.4 is 14.4 Å². The van der Waals surface area contributed by atoms with Crippen LogP contribution in [0.25, 0.3) is 10.9 Å². The Bertz CT molecular complexity index is 1220. The normalized spacial score (nSPS) is 16.0. The summed E-state index contributed by atoms with van der Waals surface area (Å²) < 4.78 is 30.9. The number of aromatic nitrogens is 1. The van der Waals surface area contributed by atoms with E-state index in [9.17, 15) is 13.2 Å². The SMILES string of the molecule is COc1ccc(NC(=O)c2ccc3c(c2)CC(C)N3S(C)(=O)=O)c2cccnc12. The maximum atomic E-state index is 12.9. The molecule has 0 bridgehead atoms. The van der Waals surface area contributed by atoms with E-state index in [0.717, 1.165) is 10.9 Å². The second-order valence-corrected chi connectivity index (χ2v) is 8.98. The molecule has 2 heterocycles. The predicted molar refractivity (Wildman–Crippen MR) is 113 cm³/mol. The molecule has 0 radical (unpaired) electrons. The molecule has 0 saturated carbocycles. The number of amides is 1. The molecular weight excluding hydrogens is 390 g/mol. The molecule has 0 spiro atoms. The third-order valence-corrected chi connectivity index (χ3v) is 6.32. The van der Waals surface area contributed by atoms with Crippen LogP contribution in [-0.2, 0) is 16.4 Å². The lowest BCUT2D eigenvalue weighted by Crippen LogP contribution is -2.34. The molecule has 8 heteroatoms. The summed E-state index contributed by atoms with van der Waals surface area (Å²) in [5.74, 6) is 0.361. The number of ether oxygens (including phenoxy) is 1. The molecule has 29 heavy (non-hydrogen) atoms. The molecule has 0 saturated heterocycles. The zero-order valence-corrected chi connectivity index (χ0v) is 17.2. The molecule has 1 atom stereocenters. The van der Waals surface area contributed by atoms with Crippen LogP contribution in [0, 0.1) is 0 Å². The van der Waals surface area contributed by atoms with Gasteiger partial charge in [-0.2, -0.15) is 0 Å². The molecule has 1 N–H and O–H groups in total. The van der Waals surface area contributed by atoms with Crippen molar-refractivity contribution in [2.24, 2.45) is 0 Å². The minimum Gasteiger partial charge on any atom is -0.494 e. The van der Waals surface area contributed by atoms with E-state index in [1.807, 2.05) is 13.0 Å². The molecule has 2 aromatic carbocycles. The van der Waals surface area contributed by atoms with Gasteiger partial charge < -0.3 is 10.1 Å². The molecule has 1 aliphatic heterocycles. The lowest BCUT2D eigenvalue weighted by atomic mass is 10.1. The monoisotopic (exact) mass is 411 g/mol. The van der Waals surface area contributed by atoms with Gasteiger partial charge in [0.1, 0.15) is 11.3 Å². The minimum absolute atomic E-state index is 0.171. The van der Waals surface area contributed by atoms with Crippen molar-refractivity contribution in [3.8, 4) is 5.75 Å². The number of hydrogen-bond donors (Lipinski definition) is 1. The summed E-state index contributed by atoms with van der Waals surface area (Å²) in [4.78, 5) is 17.2. The van der Waals surface area contributed by atoms with Gasteiger partial charge in [0.2, 0.25) is 10.0 Å². The summed E-state index contributed by atoms with van der Waals surface area (Å²) in [6.45, 7) is 1.86. The van der Waals surface area contributed by atoms with E-state index in [1.165, 1.54) is 10.6 Å². The highest BCUT2D eigenvalue weighted by molar-refractivity contribution is 7.92. The van der Waals surface area contributed by atoms with Gasteiger partial charge in [-0.3, -0.25) is 14.1 Å². The van der Waals surface area contributed by atoms with Crippen LogP contribution in [0.1, 0.15) is 22.8 Å². The molecule has 1 aromatic heterocycles. The average Bonchev–Trinajstić information content (AvgIpc) is 3.03. The number of fused-ring (bicyclic) bond motifs is 2. The lowest BCUT2D eigenvalue weighted by molar-refractivity contribution is 0.102. The fourth-order valence-corrected chi connectivity index (χ4v) is 5.13. The second-order valence-electron chi connectivity index (χ2n) is 7.12. The van der Waals surface area contributed by atoms with E-state index in [1.54, 1.807) is 49.7 Å². The third-order valence-electron chi connectivity index (χ3n) is 5.05. The van der Waals surface area contributed by atoms with Crippen LogP contribution in [0.15, 0.2) is 48.7 Å². The third kappa shape index (κ3) is 3.40. The number of pyridine rings is 1. The Morgan fingerprint density at radius 3 is 2.76 bits per heavy atom. The number of rotatable bonds is 4. The van der Waals surface area contributed by atoms with Crippen molar-refractivity contribution in [1.82, 2.24) is 4.98 Å². The second kappa shape index (κ2) is 7.04. The molecule has 150 valence electrons. The topological polar surface area (TPSA) is 88.6 Å². The summed E-state index contributed by atoms with van der Waals surface area (Å²) in [5, 5.41) is 3.71. The van der Waals surface area contributed by atoms with Crippen LogP contribution in [-0.4, -0.2) is 38.7 Å². The number of carbonyl (C=O) groups excluding carboxylic acids is 1. The van der Waals surface area contributed by atoms with Crippen molar-refractivity contribution in [2.45, 2.75) is 19.4 Å². The van der Waals surface area contributed by atoms with Gasteiger partial charge in [-0.15, -0.1) is 0 Å². The van der Waals surface area contributed by atoms with Gasteiger partial charge in [0.25, 0.3) is 5.91 Å². The Labute approximate surface area is 169 Å². The van der Waals surface area contributed by atoms with Crippen LogP contribution in [0.3, 0.4) is 0 Å². The maximum Gasteiger partial charge on any atom is 0.255 e. The average molecular weight is 411 g/mol. The summed E-state index contributed by atoms with van der Waals surface area (Å²) in [6.07, 6.45) is 3.44. The summed E-state index contributed by atoms with van der Waals surface area (Å²) >= 11 is 0. The quantitative estimate of drug-likeness (QED) is 0.712. The van der Waals surface area contributed by atoms with Gasteiger partial charge in [-0.05, 0) is 61.4 Å². The Hall–Kier alpha value is -3.13. The zero-order valence-electron chi connectivity index (χ0n) is 16.3. The van der Waals surface area contributed by atoms with Crippen molar-refractivity contribution < 1.29 is 17.9 Å². The number of sulfonamides is 1. The molecule has 1 unspecified atom stereocenters. The van der Waals surface area contributed by atoms with Crippen molar-refractivity contribution in [2.75, 3.05) is 23.0 Å². The minimum atomic E-state index is -3.36. The van der Waals surface area contributed by atoms with E-state index in [-0.39, 0.29) is 11.9 Å². The van der Waals surface area contributed by atoms with Crippen LogP contribution in [0.4, 0.5) is 11.4 Å². The number of nitrogens with zero attached hydrogens (tertiary/aromatic N) is 2. The first-order chi connectivity index (χ1) is 13.8. The number of nitrogens with one attached hydrogen (secondary N) is 1. The highest BCUT2D eigenvalue weighted by atomic mass is 32.2. The van der Waals surface area contributed by atoms with E-state index >= 15 is 0 Å². The van der Waals surface area contributed by atoms with Crippen LogP contribution in [0.5, 0.6) is 5.75 Å². The van der Waals surface area contributed by atoms with E-state index in [2.05, 4.69) is 10.3 Å². The molecule has 1 amide bonds. The number of benzene rings is 2. The molecule has 0 aliphatic carbocycles. The van der Waals surface area contributed by atoms with Gasteiger partial charge in [0.15, 0.2) is 0 Å². The predicted octanol–water partition coefficient (Wildman–Crippen LogP) is 3.21. The largest absolute Gasteiger partial charge is 0.494 e. The smallest absolute Gasteiger partial charge is 0.255 e. The Morgan fingerprint density at radius 2 is 2.03 bits per heavy atom. The fraction of sp³-hybridized carbons (Fsp3) is 0.238. The molecule has 7 nitrogen and oxygen atoms in total. The number of methoxy groups -OCH3 is 1. The van der Waals surface area contributed by atoms with Gasteiger partial charge in [-0.1, -0.05) is 0 Å². The Kier molecular flexibility index (Phi) is 4.66. The fourth-order valence-electron chi connectivity index (χ4n) is 3.86. The number of anilines is 2. The highest BCUT2D eigenvalue weighted by Gasteiger charge is 2.32. The van der Waals surface area contributed by atoms with Crippen molar-refractivity contribution in [1.29, 1.82) is 0 Å². The summed E-state index contributed by atoms with van der Waals surface area (Å²) in [6, 6.07) is 12.1. The van der Waals surface area contributed by atoms with E-state index in [0.29, 0.717) is 34.6 Å². The van der Waals surface area contributed by atoms with Crippen molar-refractivity contribution >= 4 is 38.2 Å². The number of hydrogen-bond acceptors (Lipinski definition) is 5. The molecule has 3 aromatic rings. The first-order valence-electron chi connectivity index (χ1n) is 9.15. The lowest BCUT2D eigenvalue weighted by Gasteiger charge is -2.21. The molecule has 0 fully saturated rings. The summed E-state index contributed by atoms with van der Waals surface area (Å²) in [5.41, 5.74) is 3.25. The van der Waals surface area contributed by atoms with E-state index in [4.69, 9.17) is 4.74 Å². The Balaban J connectivity index is 1.66. The van der Waals surface area contributed by atoms with Crippen LogP contribution in [0.2, 0.25) is 0 Å². The standard InChI is InChI=1S/C21H21N3O4S/c1-13-11-15-12-14(6-8-18(15)24(13)29(3,26)27)21(25)23-17-7-9-19(28-2)20-16(17)5-4-10-22-20/h4-10,12-13H,11H2,1-3H3,(H,23,25). The van der Waals surface area contributed by atoms with Crippen molar-refractivity contribution in [3.05, 3.63) is 59.8 Å². The summed E-state index contributed by atoms with van der Waals surface area (Å²) in [7, 11) is -1.79. The zero-order chi connectivity index (χ0) is 20.8. The first-order valence-corrected chi connectivity index (χ1v) is 11.0. The molecular formula is C21H21N3O4S. The number of carbonyl (C=O) groups is 1. The molecule has 1 aliphatic rings. The van der Waals surface area contributed by atoms with Crippen LogP contribution >= 0.6 is 0 Å². The van der Waals surface area contributed by atoms with Crippen molar-refractivity contribution in [3.63, 3.8) is 0 Å².